The van der Waals surface area contributed by atoms with Gasteiger partial charge in [0.25, 0.3) is 0 Å². The Morgan fingerprint density at radius 2 is 1.75 bits per heavy atom. The zero-order valence-electron chi connectivity index (χ0n) is 18.6. The predicted octanol–water partition coefficient (Wildman–Crippen LogP) is 4.40. The zero-order chi connectivity index (χ0) is 22.3. The van der Waals surface area contributed by atoms with E-state index in [2.05, 4.69) is 32.9 Å². The SMILES string of the molecule is CN(c1nc(Nc2ccc(C=O)c(Cl)c2)nc(NC2CCCCCC2)n1)C1CCNCC1. The Morgan fingerprint density at radius 1 is 1.03 bits per heavy atom. The summed E-state index contributed by atoms with van der Waals surface area (Å²) in [6.45, 7) is 2.00. The summed E-state index contributed by atoms with van der Waals surface area (Å²) in [4.78, 5) is 27.4. The first kappa shape index (κ1) is 22.7. The average Bonchev–Trinajstić information content (AvgIpc) is 3.08. The second-order valence-electron chi connectivity index (χ2n) is 8.69. The van der Waals surface area contributed by atoms with Crippen molar-refractivity contribution in [3.8, 4) is 0 Å². The maximum absolute atomic E-state index is 11.1. The Balaban J connectivity index is 1.59. The summed E-state index contributed by atoms with van der Waals surface area (Å²) in [7, 11) is 2.06. The molecule has 1 aliphatic carbocycles. The van der Waals surface area contributed by atoms with Gasteiger partial charge in [-0.25, -0.2) is 0 Å². The van der Waals surface area contributed by atoms with Crippen molar-refractivity contribution in [2.24, 2.45) is 0 Å². The Morgan fingerprint density at radius 3 is 2.44 bits per heavy atom. The molecule has 32 heavy (non-hydrogen) atoms. The topological polar surface area (TPSA) is 95.1 Å². The molecule has 9 heteroatoms. The summed E-state index contributed by atoms with van der Waals surface area (Å²) in [6.07, 6.45) is 10.2. The van der Waals surface area contributed by atoms with E-state index < -0.39 is 0 Å². The molecule has 2 aromatic rings. The van der Waals surface area contributed by atoms with E-state index >= 15 is 0 Å². The van der Waals surface area contributed by atoms with Crippen molar-refractivity contribution in [1.82, 2.24) is 20.3 Å². The monoisotopic (exact) mass is 457 g/mol. The molecule has 4 rings (SSSR count). The normalized spacial score (nSPS) is 18.1. The Bertz CT molecular complexity index is 911. The largest absolute Gasteiger partial charge is 0.351 e. The van der Waals surface area contributed by atoms with Gasteiger partial charge in [-0.1, -0.05) is 37.3 Å². The molecule has 172 valence electrons. The van der Waals surface area contributed by atoms with Gasteiger partial charge in [0.05, 0.1) is 5.02 Å². The summed E-state index contributed by atoms with van der Waals surface area (Å²) >= 11 is 6.20. The highest BCUT2D eigenvalue weighted by Crippen LogP contribution is 2.25. The van der Waals surface area contributed by atoms with Crippen molar-refractivity contribution in [3.05, 3.63) is 28.8 Å². The first-order chi connectivity index (χ1) is 15.6. The van der Waals surface area contributed by atoms with Crippen LogP contribution in [0.2, 0.25) is 5.02 Å². The van der Waals surface area contributed by atoms with Gasteiger partial charge in [-0.3, -0.25) is 4.79 Å². The fourth-order valence-electron chi connectivity index (χ4n) is 4.44. The second kappa shape index (κ2) is 10.9. The molecule has 0 bridgehead atoms. The maximum atomic E-state index is 11.1. The van der Waals surface area contributed by atoms with E-state index in [0.717, 1.165) is 50.7 Å². The Hall–Kier alpha value is -2.45. The number of carbonyl (C=O) groups is 1. The molecule has 1 saturated carbocycles. The number of aromatic nitrogens is 3. The number of hydrogen-bond donors (Lipinski definition) is 3. The standard InChI is InChI=1S/C23H32ClN7O/c1-31(19-10-12-25-13-11-19)23-29-21(26-17-6-4-2-3-5-7-17)28-22(30-23)27-18-9-8-16(15-32)20(24)14-18/h8-9,14-15,17,19,25H,2-7,10-13H2,1H3,(H2,26,27,28,29,30). The number of anilines is 4. The van der Waals surface area contributed by atoms with Crippen LogP contribution in [0.4, 0.5) is 23.5 Å². The van der Waals surface area contributed by atoms with E-state index in [1.807, 2.05) is 0 Å². The van der Waals surface area contributed by atoms with E-state index in [1.54, 1.807) is 18.2 Å². The summed E-state index contributed by atoms with van der Waals surface area (Å²) in [6, 6.07) is 5.97. The molecule has 0 atom stereocenters. The molecule has 8 nitrogen and oxygen atoms in total. The van der Waals surface area contributed by atoms with Gasteiger partial charge in [-0.2, -0.15) is 15.0 Å². The van der Waals surface area contributed by atoms with Gasteiger partial charge in [0.2, 0.25) is 17.8 Å². The number of hydrogen-bond acceptors (Lipinski definition) is 8. The maximum Gasteiger partial charge on any atom is 0.233 e. The summed E-state index contributed by atoms with van der Waals surface area (Å²) < 4.78 is 0. The highest BCUT2D eigenvalue weighted by molar-refractivity contribution is 6.33. The number of nitrogens with one attached hydrogen (secondary N) is 3. The lowest BCUT2D eigenvalue weighted by molar-refractivity contribution is 0.112. The third kappa shape index (κ3) is 5.86. The number of benzene rings is 1. The fraction of sp³-hybridized carbons (Fsp3) is 0.565. The molecule has 0 radical (unpaired) electrons. The Kier molecular flexibility index (Phi) is 7.76. The van der Waals surface area contributed by atoms with E-state index in [9.17, 15) is 4.79 Å². The number of rotatable bonds is 7. The van der Waals surface area contributed by atoms with Crippen molar-refractivity contribution >= 4 is 41.4 Å². The molecule has 0 amide bonds. The molecule has 1 aromatic carbocycles. The minimum atomic E-state index is 0.381. The van der Waals surface area contributed by atoms with Crippen LogP contribution in [0.15, 0.2) is 18.2 Å². The molecule has 1 aliphatic heterocycles. The van der Waals surface area contributed by atoms with Crippen LogP contribution in [-0.4, -0.2) is 53.5 Å². The van der Waals surface area contributed by atoms with Gasteiger partial charge in [-0.05, 0) is 57.0 Å². The fourth-order valence-corrected chi connectivity index (χ4v) is 4.66. The lowest BCUT2D eigenvalue weighted by Gasteiger charge is -2.32. The first-order valence-electron chi connectivity index (χ1n) is 11.6. The van der Waals surface area contributed by atoms with Crippen molar-refractivity contribution < 1.29 is 4.79 Å². The van der Waals surface area contributed by atoms with Gasteiger partial charge in [-0.15, -0.1) is 0 Å². The Labute approximate surface area is 194 Å². The lowest BCUT2D eigenvalue weighted by atomic mass is 10.1. The van der Waals surface area contributed by atoms with E-state index in [-0.39, 0.29) is 0 Å². The summed E-state index contributed by atoms with van der Waals surface area (Å²) in [5.41, 5.74) is 1.18. The van der Waals surface area contributed by atoms with Crippen LogP contribution < -0.4 is 20.9 Å². The minimum absolute atomic E-state index is 0.381. The molecule has 2 fully saturated rings. The molecule has 1 aromatic heterocycles. The third-order valence-electron chi connectivity index (χ3n) is 6.37. The molecular formula is C23H32ClN7O. The molecule has 0 spiro atoms. The number of aldehydes is 1. The second-order valence-corrected chi connectivity index (χ2v) is 9.09. The number of halogens is 1. The zero-order valence-corrected chi connectivity index (χ0v) is 19.4. The summed E-state index contributed by atoms with van der Waals surface area (Å²) in [5, 5.41) is 10.6. The van der Waals surface area contributed by atoms with Crippen LogP contribution in [0, 0.1) is 0 Å². The van der Waals surface area contributed by atoms with Crippen molar-refractivity contribution in [2.45, 2.75) is 63.5 Å². The average molecular weight is 458 g/mol. The van der Waals surface area contributed by atoms with Crippen LogP contribution in [0.1, 0.15) is 61.7 Å². The van der Waals surface area contributed by atoms with Gasteiger partial charge < -0.3 is 20.9 Å². The van der Waals surface area contributed by atoms with E-state index in [4.69, 9.17) is 21.6 Å². The van der Waals surface area contributed by atoms with Crippen molar-refractivity contribution in [1.29, 1.82) is 0 Å². The molecule has 0 unspecified atom stereocenters. The molecular weight excluding hydrogens is 426 g/mol. The first-order valence-corrected chi connectivity index (χ1v) is 12.0. The van der Waals surface area contributed by atoms with Crippen LogP contribution in [0.5, 0.6) is 0 Å². The van der Waals surface area contributed by atoms with Crippen LogP contribution >= 0.6 is 11.6 Å². The molecule has 2 aliphatic rings. The van der Waals surface area contributed by atoms with Gasteiger partial charge in [0.15, 0.2) is 6.29 Å². The molecule has 2 heterocycles. The van der Waals surface area contributed by atoms with Crippen molar-refractivity contribution in [3.63, 3.8) is 0 Å². The highest BCUT2D eigenvalue weighted by Gasteiger charge is 2.22. The van der Waals surface area contributed by atoms with Crippen LogP contribution in [0.25, 0.3) is 0 Å². The molecule has 3 N–H and O–H groups in total. The van der Waals surface area contributed by atoms with Crippen LogP contribution in [-0.2, 0) is 0 Å². The van der Waals surface area contributed by atoms with Gasteiger partial charge in [0, 0.05) is 30.4 Å². The van der Waals surface area contributed by atoms with Gasteiger partial charge in [0.1, 0.15) is 0 Å². The minimum Gasteiger partial charge on any atom is -0.351 e. The third-order valence-corrected chi connectivity index (χ3v) is 6.69. The van der Waals surface area contributed by atoms with E-state index in [1.165, 1.54) is 25.7 Å². The van der Waals surface area contributed by atoms with E-state index in [0.29, 0.717) is 40.5 Å². The summed E-state index contributed by atoms with van der Waals surface area (Å²) in [5.74, 6) is 1.71. The lowest BCUT2D eigenvalue weighted by Crippen LogP contribution is -2.42. The highest BCUT2D eigenvalue weighted by atomic mass is 35.5. The smallest absolute Gasteiger partial charge is 0.233 e. The number of piperidine rings is 1. The number of nitrogens with zero attached hydrogens (tertiary/aromatic N) is 4. The predicted molar refractivity (Wildman–Crippen MR) is 129 cm³/mol. The quantitative estimate of drug-likeness (QED) is 0.416. The van der Waals surface area contributed by atoms with Gasteiger partial charge >= 0.3 is 0 Å². The van der Waals surface area contributed by atoms with Crippen molar-refractivity contribution in [2.75, 3.05) is 35.7 Å². The molecule has 1 saturated heterocycles. The number of carbonyl (C=O) groups excluding carboxylic acids is 1. The van der Waals surface area contributed by atoms with Crippen LogP contribution in [0.3, 0.4) is 0 Å².